The lowest BCUT2D eigenvalue weighted by Gasteiger charge is -1.97. The first-order valence-corrected chi connectivity index (χ1v) is 9.15. The smallest absolute Gasteiger partial charge is 0.0288 e. The fourth-order valence-electron chi connectivity index (χ4n) is 1.99. The maximum atomic E-state index is 3.70. The Labute approximate surface area is 141 Å². The predicted molar refractivity (Wildman–Crippen MR) is 105 cm³/mol. The van der Waals surface area contributed by atoms with E-state index in [0.29, 0.717) is 0 Å². The molecule has 0 heterocycles. The molecule has 128 valence electrons. The van der Waals surface area contributed by atoms with Crippen LogP contribution in [-0.4, -0.2) is 0 Å². The van der Waals surface area contributed by atoms with E-state index in [-0.39, 0.29) is 0 Å². The van der Waals surface area contributed by atoms with Crippen molar-refractivity contribution in [1.82, 2.24) is 0 Å². The Hall–Kier alpha value is -1.04. The molecule has 0 aliphatic carbocycles. The van der Waals surface area contributed by atoms with E-state index >= 15 is 0 Å². The van der Waals surface area contributed by atoms with Crippen molar-refractivity contribution >= 4 is 0 Å². The summed E-state index contributed by atoms with van der Waals surface area (Å²) in [6.07, 6.45) is 21.0. The SMILES string of the molecule is C=CCCC(C)=CCCCC.C=CCCC=C(C)CCCC. The highest BCUT2D eigenvalue weighted by Crippen LogP contribution is 2.08. The van der Waals surface area contributed by atoms with E-state index in [1.54, 1.807) is 0 Å². The van der Waals surface area contributed by atoms with Gasteiger partial charge in [-0.15, -0.1) is 13.2 Å². The molecule has 0 fully saturated rings. The Morgan fingerprint density at radius 2 is 1.23 bits per heavy atom. The normalized spacial score (nSPS) is 11.6. The van der Waals surface area contributed by atoms with E-state index in [9.17, 15) is 0 Å². The van der Waals surface area contributed by atoms with Gasteiger partial charge >= 0.3 is 0 Å². The van der Waals surface area contributed by atoms with Crippen molar-refractivity contribution in [3.63, 3.8) is 0 Å². The lowest BCUT2D eigenvalue weighted by atomic mass is 10.1. The molecule has 0 amide bonds. The molecule has 0 unspecified atom stereocenters. The van der Waals surface area contributed by atoms with Crippen LogP contribution in [0.5, 0.6) is 0 Å². The van der Waals surface area contributed by atoms with Crippen LogP contribution < -0.4 is 0 Å². The van der Waals surface area contributed by atoms with Crippen LogP contribution >= 0.6 is 0 Å². The van der Waals surface area contributed by atoms with Crippen LogP contribution in [0.2, 0.25) is 0 Å². The van der Waals surface area contributed by atoms with Gasteiger partial charge in [-0.25, -0.2) is 0 Å². The molecule has 0 rings (SSSR count). The number of allylic oxidation sites excluding steroid dienone is 6. The van der Waals surface area contributed by atoms with E-state index < -0.39 is 0 Å². The first-order valence-electron chi connectivity index (χ1n) is 9.15. The van der Waals surface area contributed by atoms with Gasteiger partial charge in [0.15, 0.2) is 0 Å². The third kappa shape index (κ3) is 21.3. The third-order valence-corrected chi connectivity index (χ3v) is 3.58. The molecule has 0 aromatic carbocycles. The first kappa shape index (κ1) is 23.2. The van der Waals surface area contributed by atoms with Gasteiger partial charge in [-0.3, -0.25) is 0 Å². The van der Waals surface area contributed by atoms with Crippen molar-refractivity contribution in [2.75, 3.05) is 0 Å². The van der Waals surface area contributed by atoms with Crippen LogP contribution in [-0.2, 0) is 0 Å². The van der Waals surface area contributed by atoms with Crippen LogP contribution in [0.1, 0.15) is 91.9 Å². The zero-order valence-corrected chi connectivity index (χ0v) is 15.8. The van der Waals surface area contributed by atoms with Crippen molar-refractivity contribution in [3.05, 3.63) is 48.6 Å². The maximum absolute atomic E-state index is 3.70. The van der Waals surface area contributed by atoms with Gasteiger partial charge in [-0.2, -0.15) is 0 Å². The summed E-state index contributed by atoms with van der Waals surface area (Å²) in [5.41, 5.74) is 3.05. The molecule has 0 N–H and O–H groups in total. The fourth-order valence-corrected chi connectivity index (χ4v) is 1.99. The molecule has 0 aliphatic heterocycles. The Morgan fingerprint density at radius 1 is 0.682 bits per heavy atom. The van der Waals surface area contributed by atoms with Crippen LogP contribution in [0.15, 0.2) is 48.6 Å². The lowest BCUT2D eigenvalue weighted by Crippen LogP contribution is -1.77. The van der Waals surface area contributed by atoms with Crippen LogP contribution in [0.3, 0.4) is 0 Å². The number of unbranched alkanes of at least 4 members (excludes halogenated alkanes) is 4. The number of rotatable bonds is 12. The minimum absolute atomic E-state index is 1.11. The minimum atomic E-state index is 1.11. The van der Waals surface area contributed by atoms with Gasteiger partial charge < -0.3 is 0 Å². The van der Waals surface area contributed by atoms with Gasteiger partial charge in [0, 0.05) is 0 Å². The van der Waals surface area contributed by atoms with Crippen LogP contribution in [0.25, 0.3) is 0 Å². The molecule has 0 radical (unpaired) electrons. The summed E-state index contributed by atoms with van der Waals surface area (Å²) in [7, 11) is 0. The molecule has 0 atom stereocenters. The van der Waals surface area contributed by atoms with Crippen LogP contribution in [0.4, 0.5) is 0 Å². The van der Waals surface area contributed by atoms with E-state index in [0.717, 1.165) is 12.8 Å². The molecule has 0 aromatic rings. The maximum Gasteiger partial charge on any atom is -0.0288 e. The van der Waals surface area contributed by atoms with Crippen molar-refractivity contribution in [2.24, 2.45) is 0 Å². The molecule has 0 saturated carbocycles. The number of hydrogen-bond acceptors (Lipinski definition) is 0. The highest BCUT2D eigenvalue weighted by Gasteiger charge is 1.87. The molecule has 22 heavy (non-hydrogen) atoms. The van der Waals surface area contributed by atoms with E-state index in [1.165, 1.54) is 62.5 Å². The average molecular weight is 305 g/mol. The number of hydrogen-bond donors (Lipinski definition) is 0. The summed E-state index contributed by atoms with van der Waals surface area (Å²) in [6.45, 7) is 16.3. The molecule has 0 spiro atoms. The van der Waals surface area contributed by atoms with Gasteiger partial charge in [0.2, 0.25) is 0 Å². The van der Waals surface area contributed by atoms with Gasteiger partial charge in [-0.05, 0) is 58.8 Å². The van der Waals surface area contributed by atoms with Gasteiger partial charge in [0.1, 0.15) is 0 Å². The van der Waals surface area contributed by atoms with E-state index in [1.807, 2.05) is 12.2 Å². The monoisotopic (exact) mass is 304 g/mol. The molecule has 0 bridgehead atoms. The van der Waals surface area contributed by atoms with E-state index in [2.05, 4.69) is 53.0 Å². The van der Waals surface area contributed by atoms with Gasteiger partial charge in [0.25, 0.3) is 0 Å². The molecule has 0 aromatic heterocycles. The third-order valence-electron chi connectivity index (χ3n) is 3.58. The molecule has 0 aliphatic rings. The van der Waals surface area contributed by atoms with E-state index in [4.69, 9.17) is 0 Å². The van der Waals surface area contributed by atoms with Crippen LogP contribution in [0, 0.1) is 0 Å². The van der Waals surface area contributed by atoms with Crippen molar-refractivity contribution in [3.8, 4) is 0 Å². The topological polar surface area (TPSA) is 0 Å². The molecule has 0 heteroatoms. The van der Waals surface area contributed by atoms with Crippen molar-refractivity contribution in [2.45, 2.75) is 91.9 Å². The summed E-state index contributed by atoms with van der Waals surface area (Å²) in [6, 6.07) is 0. The summed E-state index contributed by atoms with van der Waals surface area (Å²) in [4.78, 5) is 0. The quantitative estimate of drug-likeness (QED) is 0.252. The summed E-state index contributed by atoms with van der Waals surface area (Å²) in [5.74, 6) is 0. The van der Waals surface area contributed by atoms with Gasteiger partial charge in [0.05, 0.1) is 0 Å². The Kier molecular flexibility index (Phi) is 21.1. The second-order valence-electron chi connectivity index (χ2n) is 6.04. The zero-order chi connectivity index (χ0) is 17.1. The predicted octanol–water partition coefficient (Wildman–Crippen LogP) is 8.18. The fraction of sp³-hybridized carbons (Fsp3) is 0.636. The lowest BCUT2D eigenvalue weighted by molar-refractivity contribution is 0.782. The van der Waals surface area contributed by atoms with Crippen molar-refractivity contribution in [1.29, 1.82) is 0 Å². The Bertz CT molecular complexity index is 304. The highest BCUT2D eigenvalue weighted by atomic mass is 13.9. The Morgan fingerprint density at radius 3 is 1.77 bits per heavy atom. The minimum Gasteiger partial charge on any atom is -0.103 e. The molecular formula is C22H40. The second-order valence-corrected chi connectivity index (χ2v) is 6.04. The van der Waals surface area contributed by atoms with Crippen molar-refractivity contribution < 1.29 is 0 Å². The standard InChI is InChI=1S/2C11H20/c2*1-4-6-8-10-11(3)9-7-5-2/h5,10H,2,4,6-9H2,1,3H3;4,10H,1,5-9H2,2-3H3. The largest absolute Gasteiger partial charge is 0.103 e. The molecule has 0 nitrogen and oxygen atoms in total. The Balaban J connectivity index is 0. The first-order chi connectivity index (χ1) is 10.6. The zero-order valence-electron chi connectivity index (χ0n) is 15.8. The highest BCUT2D eigenvalue weighted by molar-refractivity contribution is 4.99. The van der Waals surface area contributed by atoms with Gasteiger partial charge in [-0.1, -0.05) is 68.6 Å². The summed E-state index contributed by atoms with van der Waals surface area (Å²) < 4.78 is 0. The average Bonchev–Trinajstić information content (AvgIpc) is 2.52. The molecular weight excluding hydrogens is 264 g/mol. The summed E-state index contributed by atoms with van der Waals surface area (Å²) in [5, 5.41) is 0. The second kappa shape index (κ2) is 20.0. The molecule has 0 saturated heterocycles. The summed E-state index contributed by atoms with van der Waals surface area (Å²) >= 11 is 0.